The smallest absolute Gasteiger partial charge is 0.255 e. The quantitative estimate of drug-likeness (QED) is 0.454. The van der Waals surface area contributed by atoms with Gasteiger partial charge in [0.25, 0.3) is 5.91 Å². The van der Waals surface area contributed by atoms with Crippen LogP contribution in [-0.2, 0) is 10.2 Å². The molecule has 2 N–H and O–H groups in total. The lowest BCUT2D eigenvalue weighted by Gasteiger charge is -2.27. The summed E-state index contributed by atoms with van der Waals surface area (Å²) in [5.41, 5.74) is 3.68. The molecular formula is C26H30FN5O2. The second kappa shape index (κ2) is 8.20. The van der Waals surface area contributed by atoms with Crippen LogP contribution >= 0.6 is 0 Å². The number of ether oxygens (including phenoxy) is 1. The molecule has 7 nitrogen and oxygen atoms in total. The number of H-pyrrole nitrogens is 1. The van der Waals surface area contributed by atoms with E-state index in [9.17, 15) is 4.79 Å². The number of hydrogen-bond acceptors (Lipinski definition) is 4. The molecule has 1 amide bonds. The van der Waals surface area contributed by atoms with E-state index in [0.29, 0.717) is 41.0 Å². The summed E-state index contributed by atoms with van der Waals surface area (Å²) in [5, 5.41) is 3.50. The summed E-state index contributed by atoms with van der Waals surface area (Å²) < 4.78 is 22.5. The third-order valence-electron chi connectivity index (χ3n) is 6.51. The van der Waals surface area contributed by atoms with Gasteiger partial charge in [0, 0.05) is 42.0 Å². The van der Waals surface area contributed by atoms with Gasteiger partial charge < -0.3 is 19.4 Å². The molecule has 0 bridgehead atoms. The summed E-state index contributed by atoms with van der Waals surface area (Å²) in [5.74, 6) is -0.337. The van der Waals surface area contributed by atoms with Crippen molar-refractivity contribution < 1.29 is 13.9 Å². The normalized spacial score (nSPS) is 15.7. The molecule has 5 heterocycles. The van der Waals surface area contributed by atoms with E-state index in [1.54, 1.807) is 12.4 Å². The molecule has 4 aromatic heterocycles. The first-order chi connectivity index (χ1) is 16.1. The first-order valence-electron chi connectivity index (χ1n) is 11.7. The average molecular weight is 464 g/mol. The van der Waals surface area contributed by atoms with Crippen molar-refractivity contribution >= 4 is 22.6 Å². The number of rotatable bonds is 5. The van der Waals surface area contributed by atoms with Gasteiger partial charge in [0.2, 0.25) is 0 Å². The fraction of sp³-hybridized carbons (Fsp3) is 0.423. The zero-order chi connectivity index (χ0) is 24.2. The van der Waals surface area contributed by atoms with Crippen LogP contribution in [-0.4, -0.2) is 44.5 Å². The van der Waals surface area contributed by atoms with Gasteiger partial charge in [0.05, 0.1) is 30.2 Å². The molecule has 0 radical (unpaired) electrons. The van der Waals surface area contributed by atoms with E-state index in [4.69, 9.17) is 4.74 Å². The molecule has 8 heteroatoms. The lowest BCUT2D eigenvalue weighted by molar-refractivity contribution is -0.00344. The Bertz CT molecular complexity index is 1380. The minimum absolute atomic E-state index is 0.0202. The van der Waals surface area contributed by atoms with Crippen molar-refractivity contribution in [1.29, 1.82) is 0 Å². The predicted octanol–water partition coefficient (Wildman–Crippen LogP) is 4.56. The number of aromatic amines is 1. The fourth-order valence-corrected chi connectivity index (χ4v) is 4.65. The van der Waals surface area contributed by atoms with E-state index >= 15 is 4.39 Å². The number of amides is 1. The van der Waals surface area contributed by atoms with Crippen LogP contribution < -0.4 is 5.32 Å². The molecule has 0 spiro atoms. The maximum absolute atomic E-state index is 15.4. The molecule has 0 saturated carbocycles. The van der Waals surface area contributed by atoms with E-state index in [-0.39, 0.29) is 35.0 Å². The molecule has 34 heavy (non-hydrogen) atoms. The Balaban J connectivity index is 1.61. The van der Waals surface area contributed by atoms with Gasteiger partial charge in [0.15, 0.2) is 0 Å². The van der Waals surface area contributed by atoms with Crippen LogP contribution in [0.4, 0.5) is 4.39 Å². The van der Waals surface area contributed by atoms with Crippen LogP contribution in [0.1, 0.15) is 67.7 Å². The fourth-order valence-electron chi connectivity index (χ4n) is 4.65. The number of carbonyl (C=O) groups excluding carboxylic acids is 1. The van der Waals surface area contributed by atoms with Crippen molar-refractivity contribution in [2.75, 3.05) is 13.2 Å². The lowest BCUT2D eigenvalue weighted by Crippen LogP contribution is -2.48. The third kappa shape index (κ3) is 3.86. The summed E-state index contributed by atoms with van der Waals surface area (Å²) in [7, 11) is 0. The van der Waals surface area contributed by atoms with Gasteiger partial charge in [-0.2, -0.15) is 0 Å². The van der Waals surface area contributed by atoms with Gasteiger partial charge in [-0.3, -0.25) is 4.79 Å². The second-order valence-corrected chi connectivity index (χ2v) is 10.5. The summed E-state index contributed by atoms with van der Waals surface area (Å²) in [4.78, 5) is 25.3. The number of imidazole rings is 1. The van der Waals surface area contributed by atoms with Crippen LogP contribution in [0.2, 0.25) is 0 Å². The molecule has 1 aliphatic rings. The Labute approximate surface area is 197 Å². The Kier molecular flexibility index (Phi) is 5.43. The number of hydrogen-bond donors (Lipinski definition) is 2. The van der Waals surface area contributed by atoms with Crippen LogP contribution in [0.3, 0.4) is 0 Å². The van der Waals surface area contributed by atoms with Crippen molar-refractivity contribution in [3.8, 4) is 0 Å². The monoisotopic (exact) mass is 463 g/mol. The largest absolute Gasteiger partial charge is 0.377 e. The number of nitrogens with zero attached hydrogens (tertiary/aromatic N) is 3. The van der Waals surface area contributed by atoms with Gasteiger partial charge >= 0.3 is 0 Å². The van der Waals surface area contributed by atoms with E-state index in [1.807, 2.05) is 49.7 Å². The topological polar surface area (TPSA) is 84.3 Å². The minimum atomic E-state index is -0.347. The Morgan fingerprint density at radius 2 is 2.03 bits per heavy atom. The van der Waals surface area contributed by atoms with Gasteiger partial charge in [0.1, 0.15) is 17.1 Å². The van der Waals surface area contributed by atoms with Crippen molar-refractivity contribution in [3.63, 3.8) is 0 Å². The molecule has 1 saturated heterocycles. The van der Waals surface area contributed by atoms with Crippen molar-refractivity contribution in [3.05, 3.63) is 65.1 Å². The molecule has 1 unspecified atom stereocenters. The summed E-state index contributed by atoms with van der Waals surface area (Å²) >= 11 is 0. The highest BCUT2D eigenvalue weighted by Crippen LogP contribution is 2.36. The summed E-state index contributed by atoms with van der Waals surface area (Å²) in [6.45, 7) is 11.2. The number of aromatic nitrogens is 4. The minimum Gasteiger partial charge on any atom is -0.377 e. The Morgan fingerprint density at radius 1 is 1.26 bits per heavy atom. The van der Waals surface area contributed by atoms with E-state index in [0.717, 1.165) is 11.3 Å². The first-order valence-corrected chi connectivity index (χ1v) is 11.7. The van der Waals surface area contributed by atoms with Crippen LogP contribution in [0, 0.1) is 11.7 Å². The number of halogens is 1. The molecule has 0 aliphatic carbocycles. The molecule has 0 aromatic carbocycles. The van der Waals surface area contributed by atoms with Crippen molar-refractivity contribution in [1.82, 2.24) is 24.7 Å². The maximum Gasteiger partial charge on any atom is 0.255 e. The molecule has 4 aromatic rings. The van der Waals surface area contributed by atoms with Gasteiger partial charge in [-0.25, -0.2) is 14.4 Å². The first kappa shape index (κ1) is 22.5. The molecule has 1 aliphatic heterocycles. The zero-order valence-corrected chi connectivity index (χ0v) is 20.1. The van der Waals surface area contributed by atoms with Crippen molar-refractivity contribution in [2.24, 2.45) is 5.92 Å². The molecule has 1 fully saturated rings. The number of nitrogens with one attached hydrogen (secondary N) is 2. The van der Waals surface area contributed by atoms with Gasteiger partial charge in [-0.1, -0.05) is 34.6 Å². The number of carbonyl (C=O) groups is 1. The SMILES string of the molecule is CC(C)C(c1cc(C(=O)NC2COC2)c2nccn2c1)c1cc2c(F)c(C(C)(C)C)cnc2[nH]1. The maximum atomic E-state index is 15.4. The van der Waals surface area contributed by atoms with E-state index < -0.39 is 0 Å². The third-order valence-corrected chi connectivity index (χ3v) is 6.51. The predicted molar refractivity (Wildman–Crippen MR) is 129 cm³/mol. The zero-order valence-electron chi connectivity index (χ0n) is 20.1. The number of pyridine rings is 2. The molecule has 5 rings (SSSR count). The van der Waals surface area contributed by atoms with Gasteiger partial charge in [-0.05, 0) is 29.0 Å². The summed E-state index contributed by atoms with van der Waals surface area (Å²) in [6.07, 6.45) is 7.13. The lowest BCUT2D eigenvalue weighted by atomic mass is 9.85. The number of fused-ring (bicyclic) bond motifs is 2. The molecule has 1 atom stereocenters. The van der Waals surface area contributed by atoms with E-state index in [2.05, 4.69) is 34.1 Å². The Hall–Kier alpha value is -3.26. The van der Waals surface area contributed by atoms with Crippen LogP contribution in [0.25, 0.3) is 16.7 Å². The Morgan fingerprint density at radius 3 is 2.68 bits per heavy atom. The van der Waals surface area contributed by atoms with Crippen LogP contribution in [0.5, 0.6) is 0 Å². The average Bonchev–Trinajstić information content (AvgIpc) is 3.36. The molecule has 178 valence electrons. The van der Waals surface area contributed by atoms with E-state index in [1.165, 1.54) is 0 Å². The summed E-state index contributed by atoms with van der Waals surface area (Å²) in [6, 6.07) is 3.78. The second-order valence-electron chi connectivity index (χ2n) is 10.5. The highest BCUT2D eigenvalue weighted by molar-refractivity contribution is 6.00. The highest BCUT2D eigenvalue weighted by atomic mass is 19.1. The van der Waals surface area contributed by atoms with Crippen molar-refractivity contribution in [2.45, 2.75) is 52.0 Å². The molecular weight excluding hydrogens is 433 g/mol. The standard InChI is InChI=1S/C26H30FN5O2/c1-14(2)21(20-9-17-22(27)19(26(3,4)5)10-29-23(17)31-20)15-8-18(24-28-6-7-32(24)11-15)25(33)30-16-12-34-13-16/h6-11,14,16,21H,12-13H2,1-5H3,(H,29,31)(H,30,33). The van der Waals surface area contributed by atoms with Crippen LogP contribution in [0.15, 0.2) is 36.9 Å². The van der Waals surface area contributed by atoms with Gasteiger partial charge in [-0.15, -0.1) is 0 Å². The highest BCUT2D eigenvalue weighted by Gasteiger charge is 2.28.